The predicted molar refractivity (Wildman–Crippen MR) is 81.0 cm³/mol. The average molecular weight is 347 g/mol. The van der Waals surface area contributed by atoms with Gasteiger partial charge in [0, 0.05) is 18.7 Å². The molecule has 1 saturated heterocycles. The summed E-state index contributed by atoms with van der Waals surface area (Å²) in [6, 6.07) is 3.00. The van der Waals surface area contributed by atoms with Gasteiger partial charge in [0.15, 0.2) is 0 Å². The molecular weight excluding hydrogens is 326 g/mol. The molecule has 1 aliphatic rings. The molecule has 0 spiro atoms. The SMILES string of the molecule is CC(C)(C)OC(=O)N1CC(CCc2c(F)cccc2C(F)(F)F)C1. The number of rotatable bonds is 3. The van der Waals surface area contributed by atoms with E-state index in [9.17, 15) is 22.4 Å². The molecule has 1 amide bonds. The quantitative estimate of drug-likeness (QED) is 0.745. The molecule has 0 atom stereocenters. The highest BCUT2D eigenvalue weighted by atomic mass is 19.4. The van der Waals surface area contributed by atoms with Crippen LogP contribution in [0.5, 0.6) is 0 Å². The lowest BCUT2D eigenvalue weighted by Crippen LogP contribution is -2.51. The molecule has 1 aromatic carbocycles. The highest BCUT2D eigenvalue weighted by molar-refractivity contribution is 5.69. The highest BCUT2D eigenvalue weighted by Crippen LogP contribution is 2.34. The summed E-state index contributed by atoms with van der Waals surface area (Å²) in [4.78, 5) is 13.3. The van der Waals surface area contributed by atoms with E-state index in [1.54, 1.807) is 20.8 Å². The second kappa shape index (κ2) is 6.61. The smallest absolute Gasteiger partial charge is 0.416 e. The topological polar surface area (TPSA) is 29.5 Å². The van der Waals surface area contributed by atoms with Crippen molar-refractivity contribution in [2.75, 3.05) is 13.1 Å². The first-order valence-electron chi connectivity index (χ1n) is 7.80. The van der Waals surface area contributed by atoms with Gasteiger partial charge in [-0.3, -0.25) is 0 Å². The lowest BCUT2D eigenvalue weighted by atomic mass is 9.91. The van der Waals surface area contributed by atoms with Crippen molar-refractivity contribution >= 4 is 6.09 Å². The number of ether oxygens (including phenoxy) is 1. The van der Waals surface area contributed by atoms with E-state index >= 15 is 0 Å². The lowest BCUT2D eigenvalue weighted by molar-refractivity contribution is -0.138. The third-order valence-corrected chi connectivity index (χ3v) is 3.84. The Morgan fingerprint density at radius 2 is 1.88 bits per heavy atom. The van der Waals surface area contributed by atoms with Crippen LogP contribution >= 0.6 is 0 Å². The fraction of sp³-hybridized carbons (Fsp3) is 0.588. The van der Waals surface area contributed by atoms with E-state index in [1.807, 2.05) is 0 Å². The van der Waals surface area contributed by atoms with E-state index < -0.39 is 29.3 Å². The summed E-state index contributed by atoms with van der Waals surface area (Å²) in [5, 5.41) is 0. The molecule has 0 unspecified atom stereocenters. The first kappa shape index (κ1) is 18.5. The number of hydrogen-bond acceptors (Lipinski definition) is 2. The van der Waals surface area contributed by atoms with E-state index in [0.29, 0.717) is 19.5 Å². The summed E-state index contributed by atoms with van der Waals surface area (Å²) in [5.74, 6) is -0.786. The molecule has 134 valence electrons. The third-order valence-electron chi connectivity index (χ3n) is 3.84. The van der Waals surface area contributed by atoms with Crippen molar-refractivity contribution in [3.63, 3.8) is 0 Å². The predicted octanol–water partition coefficient (Wildman–Crippen LogP) is 4.64. The Labute approximate surface area is 138 Å². The zero-order valence-corrected chi connectivity index (χ0v) is 13.9. The monoisotopic (exact) mass is 347 g/mol. The number of amides is 1. The molecule has 0 N–H and O–H groups in total. The van der Waals surface area contributed by atoms with Crippen molar-refractivity contribution in [1.82, 2.24) is 4.90 Å². The molecule has 1 heterocycles. The van der Waals surface area contributed by atoms with Crippen LogP contribution in [0.25, 0.3) is 0 Å². The lowest BCUT2D eigenvalue weighted by Gasteiger charge is -2.40. The fourth-order valence-corrected chi connectivity index (χ4v) is 2.65. The minimum atomic E-state index is -4.57. The number of alkyl halides is 3. The van der Waals surface area contributed by atoms with Crippen molar-refractivity contribution in [2.24, 2.45) is 5.92 Å². The molecule has 1 aromatic rings. The number of nitrogens with zero attached hydrogens (tertiary/aromatic N) is 1. The molecule has 0 bridgehead atoms. The van der Waals surface area contributed by atoms with Crippen LogP contribution in [0, 0.1) is 11.7 Å². The average Bonchev–Trinajstić information content (AvgIpc) is 2.34. The van der Waals surface area contributed by atoms with Crippen molar-refractivity contribution in [3.8, 4) is 0 Å². The van der Waals surface area contributed by atoms with E-state index in [1.165, 1.54) is 4.90 Å². The second-order valence-electron chi connectivity index (χ2n) is 7.05. The number of benzene rings is 1. The minimum absolute atomic E-state index is 0.00561. The first-order valence-corrected chi connectivity index (χ1v) is 7.80. The van der Waals surface area contributed by atoms with Crippen LogP contribution < -0.4 is 0 Å². The standard InChI is InChI=1S/C17H21F4NO2/c1-16(2,3)24-15(23)22-9-11(10-22)7-8-12-13(17(19,20)21)5-4-6-14(12)18/h4-6,11H,7-10H2,1-3H3. The Hall–Kier alpha value is -1.79. The van der Waals surface area contributed by atoms with Gasteiger partial charge in [0.05, 0.1) is 5.56 Å². The van der Waals surface area contributed by atoms with Crippen molar-refractivity contribution < 1.29 is 27.1 Å². The molecule has 0 radical (unpaired) electrons. The molecule has 24 heavy (non-hydrogen) atoms. The fourth-order valence-electron chi connectivity index (χ4n) is 2.65. The van der Waals surface area contributed by atoms with E-state index in [2.05, 4.69) is 0 Å². The van der Waals surface area contributed by atoms with Crippen LogP contribution in [0.2, 0.25) is 0 Å². The van der Waals surface area contributed by atoms with Crippen LogP contribution in [0.3, 0.4) is 0 Å². The highest BCUT2D eigenvalue weighted by Gasteiger charge is 2.36. The van der Waals surface area contributed by atoms with Gasteiger partial charge in [-0.15, -0.1) is 0 Å². The van der Waals surface area contributed by atoms with Gasteiger partial charge < -0.3 is 9.64 Å². The maximum Gasteiger partial charge on any atom is 0.416 e. The number of carbonyl (C=O) groups is 1. The Bertz CT molecular complexity index is 602. The third kappa shape index (κ3) is 4.61. The number of hydrogen-bond donors (Lipinski definition) is 0. The Balaban J connectivity index is 1.90. The van der Waals surface area contributed by atoms with Crippen LogP contribution in [0.4, 0.5) is 22.4 Å². The van der Waals surface area contributed by atoms with E-state index in [-0.39, 0.29) is 17.9 Å². The molecule has 2 rings (SSSR count). The van der Waals surface area contributed by atoms with Gasteiger partial charge in [0.2, 0.25) is 0 Å². The van der Waals surface area contributed by atoms with Gasteiger partial charge in [-0.2, -0.15) is 13.2 Å². The van der Waals surface area contributed by atoms with Gasteiger partial charge in [-0.05, 0) is 51.7 Å². The Kier molecular flexibility index (Phi) is 5.11. The van der Waals surface area contributed by atoms with Crippen LogP contribution in [-0.4, -0.2) is 29.7 Å². The zero-order valence-electron chi connectivity index (χ0n) is 13.9. The van der Waals surface area contributed by atoms with Gasteiger partial charge in [-0.25, -0.2) is 9.18 Å². The molecular formula is C17H21F4NO2. The van der Waals surface area contributed by atoms with Crippen molar-refractivity contribution in [1.29, 1.82) is 0 Å². The summed E-state index contributed by atoms with van der Waals surface area (Å²) >= 11 is 0. The van der Waals surface area contributed by atoms with Crippen molar-refractivity contribution in [3.05, 3.63) is 35.1 Å². The largest absolute Gasteiger partial charge is 0.444 e. The van der Waals surface area contributed by atoms with Crippen LogP contribution in [-0.2, 0) is 17.3 Å². The number of likely N-dealkylation sites (tertiary alicyclic amines) is 1. The zero-order chi connectivity index (χ0) is 18.1. The second-order valence-corrected chi connectivity index (χ2v) is 7.05. The maximum atomic E-state index is 13.8. The van der Waals surface area contributed by atoms with E-state index in [0.717, 1.165) is 18.2 Å². The Morgan fingerprint density at radius 3 is 2.42 bits per heavy atom. The number of carbonyl (C=O) groups excluding carboxylic acids is 1. The molecule has 0 aliphatic carbocycles. The first-order chi connectivity index (χ1) is 11.0. The number of halogens is 4. The summed E-state index contributed by atoms with van der Waals surface area (Å²) in [5.41, 5.74) is -1.82. The molecule has 3 nitrogen and oxygen atoms in total. The van der Waals surface area contributed by atoms with E-state index in [4.69, 9.17) is 4.74 Å². The van der Waals surface area contributed by atoms with Gasteiger partial charge in [0.1, 0.15) is 11.4 Å². The van der Waals surface area contributed by atoms with Gasteiger partial charge >= 0.3 is 12.3 Å². The summed E-state index contributed by atoms with van der Waals surface area (Å²) in [6.45, 7) is 6.13. The molecule has 0 aromatic heterocycles. The Morgan fingerprint density at radius 1 is 1.25 bits per heavy atom. The van der Waals surface area contributed by atoms with Gasteiger partial charge in [0.25, 0.3) is 0 Å². The maximum absolute atomic E-state index is 13.8. The van der Waals surface area contributed by atoms with Gasteiger partial charge in [-0.1, -0.05) is 6.07 Å². The minimum Gasteiger partial charge on any atom is -0.444 e. The molecule has 1 fully saturated rings. The normalized spacial score (nSPS) is 16.0. The summed E-state index contributed by atoms with van der Waals surface area (Å²) < 4.78 is 57.8. The molecule has 0 saturated carbocycles. The van der Waals surface area contributed by atoms with Crippen LogP contribution in [0.1, 0.15) is 38.3 Å². The summed E-state index contributed by atoms with van der Waals surface area (Å²) in [6.07, 6.45) is -4.61. The summed E-state index contributed by atoms with van der Waals surface area (Å²) in [7, 11) is 0. The molecule has 7 heteroatoms. The van der Waals surface area contributed by atoms with Crippen molar-refractivity contribution in [2.45, 2.75) is 45.4 Å². The van der Waals surface area contributed by atoms with Crippen LogP contribution in [0.15, 0.2) is 18.2 Å². The molecule has 1 aliphatic heterocycles.